The van der Waals surface area contributed by atoms with Gasteiger partial charge in [0.1, 0.15) is 4.90 Å². The van der Waals surface area contributed by atoms with Crippen LogP contribution in [-0.2, 0) is 10.1 Å². The lowest BCUT2D eigenvalue weighted by Gasteiger charge is -2.09. The van der Waals surface area contributed by atoms with Gasteiger partial charge in [0.05, 0.1) is 15.7 Å². The van der Waals surface area contributed by atoms with E-state index >= 15 is 0 Å². The lowest BCUT2D eigenvalue weighted by molar-refractivity contribution is 0.483. The quantitative estimate of drug-likeness (QED) is 0.774. The van der Waals surface area contributed by atoms with Crippen molar-refractivity contribution in [3.8, 4) is 0 Å². The lowest BCUT2D eigenvalue weighted by Crippen LogP contribution is -2.03. The number of hydrogen-bond acceptors (Lipinski definition) is 6. The summed E-state index contributed by atoms with van der Waals surface area (Å²) in [4.78, 5) is 10.5. The zero-order valence-corrected chi connectivity index (χ0v) is 13.5. The normalized spacial score (nSPS) is 11.5. The number of anilines is 2. The Morgan fingerprint density at radius 1 is 0.952 bits per heavy atom. The van der Waals surface area contributed by atoms with E-state index in [4.69, 9.17) is 51.0 Å². The van der Waals surface area contributed by atoms with Crippen molar-refractivity contribution in [2.45, 2.75) is 4.90 Å². The SMILES string of the molecule is O=S(=O)(O)c1cc(Cl)c(Nc2nc(Cl)nc(Cl)n2)cc1Cl. The number of halogens is 4. The maximum absolute atomic E-state index is 11.1. The number of hydrogen-bond donors (Lipinski definition) is 2. The summed E-state index contributed by atoms with van der Waals surface area (Å²) in [6, 6.07) is 2.16. The molecule has 0 saturated carbocycles. The Labute approximate surface area is 139 Å². The van der Waals surface area contributed by atoms with Gasteiger partial charge in [0.25, 0.3) is 10.1 Å². The molecule has 2 rings (SSSR count). The number of nitrogens with one attached hydrogen (secondary N) is 1. The van der Waals surface area contributed by atoms with Crippen LogP contribution in [0.15, 0.2) is 17.0 Å². The minimum absolute atomic E-state index is 0.0161. The van der Waals surface area contributed by atoms with Gasteiger partial charge in [-0.05, 0) is 35.3 Å². The van der Waals surface area contributed by atoms with Crippen LogP contribution in [0.25, 0.3) is 0 Å². The molecular formula is C9H4Cl4N4O3S. The number of aromatic nitrogens is 3. The Bertz CT molecular complexity index is 795. The van der Waals surface area contributed by atoms with E-state index in [-0.39, 0.29) is 32.2 Å². The molecule has 7 nitrogen and oxygen atoms in total. The first kappa shape index (κ1) is 16.5. The molecule has 1 aromatic carbocycles. The first-order chi connectivity index (χ1) is 9.66. The monoisotopic (exact) mass is 388 g/mol. The highest BCUT2D eigenvalue weighted by Gasteiger charge is 2.18. The van der Waals surface area contributed by atoms with E-state index in [0.29, 0.717) is 0 Å². The Kier molecular flexibility index (Phi) is 4.76. The van der Waals surface area contributed by atoms with Crippen molar-refractivity contribution in [1.82, 2.24) is 15.0 Å². The smallest absolute Gasteiger partial charge is 0.296 e. The van der Waals surface area contributed by atoms with Crippen molar-refractivity contribution in [3.05, 3.63) is 32.7 Å². The van der Waals surface area contributed by atoms with Crippen LogP contribution in [0, 0.1) is 0 Å². The molecule has 0 aliphatic rings. The standard InChI is InChI=1S/C9H4Cl4N4O3S/c10-3-2-6(21(18,19)20)4(11)1-5(3)14-9-16-7(12)15-8(13)17-9/h1-2H,(H,18,19,20)(H,14,15,16,17). The highest BCUT2D eigenvalue weighted by molar-refractivity contribution is 7.86. The van der Waals surface area contributed by atoms with E-state index in [2.05, 4.69) is 20.3 Å². The predicted molar refractivity (Wildman–Crippen MR) is 79.4 cm³/mol. The average molecular weight is 390 g/mol. The zero-order chi connectivity index (χ0) is 15.8. The van der Waals surface area contributed by atoms with E-state index < -0.39 is 15.0 Å². The van der Waals surface area contributed by atoms with Gasteiger partial charge in [-0.3, -0.25) is 4.55 Å². The molecule has 0 bridgehead atoms. The number of rotatable bonds is 3. The summed E-state index contributed by atoms with van der Waals surface area (Å²) in [6.45, 7) is 0. The fourth-order valence-electron chi connectivity index (χ4n) is 1.32. The van der Waals surface area contributed by atoms with Crippen LogP contribution in [0.2, 0.25) is 20.6 Å². The Balaban J connectivity index is 2.44. The van der Waals surface area contributed by atoms with Gasteiger partial charge in [-0.25, -0.2) is 0 Å². The highest BCUT2D eigenvalue weighted by atomic mass is 35.5. The molecular weight excluding hydrogens is 386 g/mol. The average Bonchev–Trinajstić information content (AvgIpc) is 2.30. The van der Waals surface area contributed by atoms with E-state index in [1.165, 1.54) is 6.07 Å². The van der Waals surface area contributed by atoms with Crippen LogP contribution >= 0.6 is 46.4 Å². The van der Waals surface area contributed by atoms with Crippen LogP contribution in [0.5, 0.6) is 0 Å². The summed E-state index contributed by atoms with van der Waals surface area (Å²) in [7, 11) is -4.49. The summed E-state index contributed by atoms with van der Waals surface area (Å²) in [5, 5.41) is 2.08. The third-order valence-corrected chi connectivity index (χ3v) is 4.10. The first-order valence-electron chi connectivity index (χ1n) is 4.97. The van der Waals surface area contributed by atoms with Crippen LogP contribution in [0.1, 0.15) is 0 Å². The van der Waals surface area contributed by atoms with Crippen molar-refractivity contribution >= 4 is 68.2 Å². The van der Waals surface area contributed by atoms with Crippen LogP contribution in [-0.4, -0.2) is 27.9 Å². The first-order valence-corrected chi connectivity index (χ1v) is 7.92. The second-order valence-electron chi connectivity index (χ2n) is 3.56. The fourth-order valence-corrected chi connectivity index (χ4v) is 2.99. The second-order valence-corrected chi connectivity index (χ2v) is 6.44. The van der Waals surface area contributed by atoms with Crippen molar-refractivity contribution in [2.75, 3.05) is 5.32 Å². The molecule has 0 unspecified atom stereocenters. The van der Waals surface area contributed by atoms with Gasteiger partial charge >= 0.3 is 0 Å². The zero-order valence-electron chi connectivity index (χ0n) is 9.68. The van der Waals surface area contributed by atoms with Gasteiger partial charge in [0, 0.05) is 0 Å². The number of benzene rings is 1. The van der Waals surface area contributed by atoms with Crippen molar-refractivity contribution < 1.29 is 13.0 Å². The molecule has 21 heavy (non-hydrogen) atoms. The maximum Gasteiger partial charge on any atom is 0.296 e. The van der Waals surface area contributed by atoms with Gasteiger partial charge in [0.2, 0.25) is 16.5 Å². The third kappa shape index (κ3) is 4.06. The summed E-state index contributed by atoms with van der Waals surface area (Å²) < 4.78 is 31.2. The minimum Gasteiger partial charge on any atom is -0.323 e. The van der Waals surface area contributed by atoms with Gasteiger partial charge in [0.15, 0.2) is 0 Å². The van der Waals surface area contributed by atoms with Gasteiger partial charge < -0.3 is 5.32 Å². The molecule has 0 atom stereocenters. The maximum atomic E-state index is 11.1. The second kappa shape index (κ2) is 6.07. The molecule has 0 spiro atoms. The third-order valence-electron chi connectivity index (χ3n) is 2.13. The van der Waals surface area contributed by atoms with Gasteiger partial charge in [-0.15, -0.1) is 0 Å². The molecule has 0 amide bonds. The summed E-state index contributed by atoms with van der Waals surface area (Å²) in [5.41, 5.74) is 0.187. The van der Waals surface area contributed by atoms with Crippen molar-refractivity contribution in [2.24, 2.45) is 0 Å². The summed E-state index contributed by atoms with van der Waals surface area (Å²) in [5.74, 6) is -0.0161. The Morgan fingerprint density at radius 2 is 1.52 bits per heavy atom. The van der Waals surface area contributed by atoms with E-state index in [1.54, 1.807) is 0 Å². The minimum atomic E-state index is -4.49. The molecule has 12 heteroatoms. The van der Waals surface area contributed by atoms with Gasteiger partial charge in [-0.1, -0.05) is 23.2 Å². The molecule has 2 aromatic rings. The Hall–Kier alpha value is -0.900. The molecule has 112 valence electrons. The molecule has 1 aromatic heterocycles. The van der Waals surface area contributed by atoms with Crippen molar-refractivity contribution in [1.29, 1.82) is 0 Å². The number of nitrogens with zero attached hydrogens (tertiary/aromatic N) is 3. The summed E-state index contributed by atoms with van der Waals surface area (Å²) in [6.07, 6.45) is 0. The van der Waals surface area contributed by atoms with Crippen LogP contribution in [0.4, 0.5) is 11.6 Å². The molecule has 0 radical (unpaired) electrons. The predicted octanol–water partition coefficient (Wildman–Crippen LogP) is 3.48. The molecule has 2 N–H and O–H groups in total. The Morgan fingerprint density at radius 3 is 2.05 bits per heavy atom. The van der Waals surface area contributed by atoms with E-state index in [0.717, 1.165) is 6.07 Å². The lowest BCUT2D eigenvalue weighted by atomic mass is 10.3. The molecule has 0 aliphatic heterocycles. The van der Waals surface area contributed by atoms with E-state index in [1.807, 2.05) is 0 Å². The largest absolute Gasteiger partial charge is 0.323 e. The molecule has 0 saturated heterocycles. The van der Waals surface area contributed by atoms with Crippen LogP contribution in [0.3, 0.4) is 0 Å². The molecule has 0 fully saturated rings. The highest BCUT2D eigenvalue weighted by Crippen LogP contribution is 2.33. The topological polar surface area (TPSA) is 105 Å². The van der Waals surface area contributed by atoms with Crippen molar-refractivity contribution in [3.63, 3.8) is 0 Å². The van der Waals surface area contributed by atoms with E-state index in [9.17, 15) is 8.42 Å². The van der Waals surface area contributed by atoms with Gasteiger partial charge in [-0.2, -0.15) is 23.4 Å². The fraction of sp³-hybridized carbons (Fsp3) is 0. The molecule has 1 heterocycles. The molecule has 0 aliphatic carbocycles. The summed E-state index contributed by atoms with van der Waals surface area (Å²) >= 11 is 22.9. The van der Waals surface area contributed by atoms with Crippen LogP contribution < -0.4 is 5.32 Å².